The molecule has 2 N–H and O–H groups in total. The summed E-state index contributed by atoms with van der Waals surface area (Å²) in [4.78, 5) is 24.7. The lowest BCUT2D eigenvalue weighted by Gasteiger charge is -2.43. The Balaban J connectivity index is 1.85. The van der Waals surface area contributed by atoms with Gasteiger partial charge in [0.25, 0.3) is 0 Å². The van der Waals surface area contributed by atoms with Crippen LogP contribution in [0, 0.1) is 0 Å². The average Bonchev–Trinajstić information content (AvgIpc) is 2.44. The number of carboxylic acid groups (broad SMARTS) is 1. The Bertz CT molecular complexity index is 359. The molecule has 3 unspecified atom stereocenters. The van der Waals surface area contributed by atoms with Gasteiger partial charge in [0, 0.05) is 19.0 Å². The third kappa shape index (κ3) is 3.85. The molecule has 2 fully saturated rings. The highest BCUT2D eigenvalue weighted by atomic mass is 16.5. The third-order valence-electron chi connectivity index (χ3n) is 4.15. The summed E-state index contributed by atoms with van der Waals surface area (Å²) in [5, 5.41) is 11.6. The van der Waals surface area contributed by atoms with E-state index in [-0.39, 0.29) is 30.6 Å². The van der Waals surface area contributed by atoms with E-state index in [1.807, 2.05) is 11.8 Å². The van der Waals surface area contributed by atoms with E-state index >= 15 is 0 Å². The smallest absolute Gasteiger partial charge is 0.318 e. The normalized spacial score (nSPS) is 27.6. The van der Waals surface area contributed by atoms with E-state index in [4.69, 9.17) is 9.84 Å². The fourth-order valence-electron chi connectivity index (χ4n) is 3.05. The molecule has 2 amide bonds. The maximum Gasteiger partial charge on any atom is 0.318 e. The minimum atomic E-state index is -0.829. The number of urea groups is 1. The number of carboxylic acids is 1. The van der Waals surface area contributed by atoms with Crippen LogP contribution in [0.25, 0.3) is 0 Å². The number of morpholine rings is 1. The van der Waals surface area contributed by atoms with Crippen molar-refractivity contribution in [2.45, 2.75) is 63.6 Å². The van der Waals surface area contributed by atoms with Gasteiger partial charge in [0.1, 0.15) is 0 Å². The highest BCUT2D eigenvalue weighted by Crippen LogP contribution is 2.28. The van der Waals surface area contributed by atoms with Crippen LogP contribution in [0.15, 0.2) is 0 Å². The topological polar surface area (TPSA) is 78.9 Å². The van der Waals surface area contributed by atoms with Gasteiger partial charge in [-0.3, -0.25) is 4.79 Å². The number of amides is 2. The number of carbonyl (C=O) groups is 2. The molecule has 1 heterocycles. The fraction of sp³-hybridized carbons (Fsp3) is 0.857. The van der Waals surface area contributed by atoms with Crippen molar-refractivity contribution in [1.82, 2.24) is 10.2 Å². The summed E-state index contributed by atoms with van der Waals surface area (Å²) >= 11 is 0. The van der Waals surface area contributed by atoms with Crippen LogP contribution in [0.1, 0.15) is 45.4 Å². The number of nitrogens with zero attached hydrogens (tertiary/aromatic N) is 1. The molecule has 3 atom stereocenters. The molecule has 114 valence electrons. The lowest BCUT2D eigenvalue weighted by atomic mass is 9.90. The van der Waals surface area contributed by atoms with Crippen LogP contribution < -0.4 is 5.32 Å². The van der Waals surface area contributed by atoms with Crippen molar-refractivity contribution in [3.8, 4) is 0 Å². The molecule has 0 bridgehead atoms. The summed E-state index contributed by atoms with van der Waals surface area (Å²) in [6.45, 7) is 3.07. The van der Waals surface area contributed by atoms with Gasteiger partial charge in [-0.2, -0.15) is 0 Å². The molecule has 1 aliphatic carbocycles. The number of rotatable bonds is 4. The zero-order chi connectivity index (χ0) is 14.5. The van der Waals surface area contributed by atoms with Crippen molar-refractivity contribution < 1.29 is 19.4 Å². The quantitative estimate of drug-likeness (QED) is 0.821. The van der Waals surface area contributed by atoms with E-state index < -0.39 is 5.97 Å². The van der Waals surface area contributed by atoms with Gasteiger partial charge in [-0.15, -0.1) is 0 Å². The number of ether oxygens (including phenoxy) is 1. The Morgan fingerprint density at radius 1 is 1.40 bits per heavy atom. The summed E-state index contributed by atoms with van der Waals surface area (Å²) in [6, 6.07) is -0.0178. The Labute approximate surface area is 119 Å². The third-order valence-corrected chi connectivity index (χ3v) is 4.15. The summed E-state index contributed by atoms with van der Waals surface area (Å²) in [5.74, 6) is -0.829. The minimum absolute atomic E-state index is 0.0800. The molecule has 2 aliphatic rings. The van der Waals surface area contributed by atoms with Gasteiger partial charge in [-0.25, -0.2) is 4.79 Å². The molecule has 0 spiro atoms. The van der Waals surface area contributed by atoms with Crippen molar-refractivity contribution in [3.05, 3.63) is 0 Å². The van der Waals surface area contributed by atoms with E-state index in [2.05, 4.69) is 5.32 Å². The molecular formula is C14H24N2O4. The van der Waals surface area contributed by atoms with Crippen LogP contribution >= 0.6 is 0 Å². The van der Waals surface area contributed by atoms with Gasteiger partial charge < -0.3 is 20.1 Å². The second-order valence-electron chi connectivity index (χ2n) is 5.74. The molecule has 0 aromatic heterocycles. The number of aliphatic carboxylic acids is 1. The Kier molecular flexibility index (Phi) is 5.23. The number of nitrogens with one attached hydrogen (secondary N) is 1. The van der Waals surface area contributed by atoms with E-state index in [0.29, 0.717) is 19.6 Å². The Morgan fingerprint density at radius 3 is 2.90 bits per heavy atom. The van der Waals surface area contributed by atoms with Crippen molar-refractivity contribution in [2.24, 2.45) is 0 Å². The molecule has 1 aliphatic heterocycles. The van der Waals surface area contributed by atoms with Crippen molar-refractivity contribution >= 4 is 12.0 Å². The largest absolute Gasteiger partial charge is 0.481 e. The zero-order valence-corrected chi connectivity index (χ0v) is 12.0. The van der Waals surface area contributed by atoms with Crippen LogP contribution in [0.3, 0.4) is 0 Å². The van der Waals surface area contributed by atoms with Crippen molar-refractivity contribution in [2.75, 3.05) is 13.2 Å². The first-order chi connectivity index (χ1) is 9.58. The lowest BCUT2D eigenvalue weighted by Crippen LogP contribution is -2.58. The molecule has 6 heteroatoms. The average molecular weight is 284 g/mol. The zero-order valence-electron chi connectivity index (χ0n) is 12.0. The van der Waals surface area contributed by atoms with Gasteiger partial charge >= 0.3 is 12.0 Å². The van der Waals surface area contributed by atoms with E-state index in [1.54, 1.807) is 0 Å². The second-order valence-corrected chi connectivity index (χ2v) is 5.74. The molecule has 20 heavy (non-hydrogen) atoms. The highest BCUT2D eigenvalue weighted by Gasteiger charge is 2.36. The number of hydrogen-bond acceptors (Lipinski definition) is 3. The van der Waals surface area contributed by atoms with Gasteiger partial charge in [0.2, 0.25) is 0 Å². The first-order valence-electron chi connectivity index (χ1n) is 7.48. The van der Waals surface area contributed by atoms with Crippen LogP contribution in [-0.2, 0) is 9.53 Å². The SMILES string of the molecule is CC(CCC(=O)O)NC(=O)N1CCOC2CCCCC21. The van der Waals surface area contributed by atoms with Crippen LogP contribution in [0.5, 0.6) is 0 Å². The van der Waals surface area contributed by atoms with Crippen molar-refractivity contribution in [1.29, 1.82) is 0 Å². The molecular weight excluding hydrogens is 260 g/mol. The van der Waals surface area contributed by atoms with Crippen LogP contribution in [-0.4, -0.2) is 53.3 Å². The van der Waals surface area contributed by atoms with Gasteiger partial charge in [0.05, 0.1) is 18.8 Å². The summed E-state index contributed by atoms with van der Waals surface area (Å²) in [7, 11) is 0. The Hall–Kier alpha value is -1.30. The number of carbonyl (C=O) groups excluding carboxylic acids is 1. The maximum atomic E-state index is 12.3. The second kappa shape index (κ2) is 6.92. The molecule has 6 nitrogen and oxygen atoms in total. The van der Waals surface area contributed by atoms with Crippen LogP contribution in [0.4, 0.5) is 4.79 Å². The molecule has 1 saturated heterocycles. The maximum absolute atomic E-state index is 12.3. The summed E-state index contributed by atoms with van der Waals surface area (Å²) < 4.78 is 5.75. The molecule has 2 rings (SSSR count). The lowest BCUT2D eigenvalue weighted by molar-refractivity contribution is -0.137. The van der Waals surface area contributed by atoms with E-state index in [9.17, 15) is 9.59 Å². The summed E-state index contributed by atoms with van der Waals surface area (Å²) in [5.41, 5.74) is 0. The number of hydrogen-bond donors (Lipinski definition) is 2. The molecule has 0 aromatic carbocycles. The van der Waals surface area contributed by atoms with Crippen LogP contribution in [0.2, 0.25) is 0 Å². The monoisotopic (exact) mass is 284 g/mol. The standard InChI is InChI=1S/C14H24N2O4/c1-10(6-7-13(17)18)15-14(19)16-8-9-20-12-5-3-2-4-11(12)16/h10-12H,2-9H2,1H3,(H,15,19)(H,17,18). The van der Waals surface area contributed by atoms with E-state index in [0.717, 1.165) is 19.3 Å². The number of fused-ring (bicyclic) bond motifs is 1. The Morgan fingerprint density at radius 2 is 2.15 bits per heavy atom. The van der Waals surface area contributed by atoms with E-state index in [1.165, 1.54) is 6.42 Å². The van der Waals surface area contributed by atoms with Gasteiger partial charge in [0.15, 0.2) is 0 Å². The minimum Gasteiger partial charge on any atom is -0.481 e. The predicted octanol–water partition coefficient (Wildman–Crippen LogP) is 1.59. The van der Waals surface area contributed by atoms with Crippen molar-refractivity contribution in [3.63, 3.8) is 0 Å². The van der Waals surface area contributed by atoms with Gasteiger partial charge in [-0.05, 0) is 26.2 Å². The fourth-order valence-corrected chi connectivity index (χ4v) is 3.05. The molecule has 0 radical (unpaired) electrons. The molecule has 1 saturated carbocycles. The first-order valence-corrected chi connectivity index (χ1v) is 7.48. The highest BCUT2D eigenvalue weighted by molar-refractivity contribution is 5.75. The molecule has 0 aromatic rings. The predicted molar refractivity (Wildman–Crippen MR) is 73.6 cm³/mol. The summed E-state index contributed by atoms with van der Waals surface area (Å²) in [6.07, 6.45) is 5.06. The first kappa shape index (κ1) is 15.1. The van der Waals surface area contributed by atoms with Gasteiger partial charge in [-0.1, -0.05) is 12.8 Å².